The number of pyridine rings is 1. The van der Waals surface area contributed by atoms with Crippen molar-refractivity contribution >= 4 is 28.4 Å². The zero-order valence-electron chi connectivity index (χ0n) is 10.3. The minimum atomic E-state index is -0.0666. The molecule has 0 radical (unpaired) electrons. The fraction of sp³-hybridized carbons (Fsp3) is 0.0714. The van der Waals surface area contributed by atoms with Gasteiger partial charge >= 0.3 is 0 Å². The molecule has 3 rings (SSSR count). The summed E-state index contributed by atoms with van der Waals surface area (Å²) in [7, 11) is 0. The Morgan fingerprint density at radius 1 is 1.21 bits per heavy atom. The summed E-state index contributed by atoms with van der Waals surface area (Å²) < 4.78 is 1.53. The van der Waals surface area contributed by atoms with Crippen LogP contribution in [-0.4, -0.2) is 14.4 Å². The number of rotatable bonds is 2. The number of fused-ring (bicyclic) bond motifs is 1. The van der Waals surface area contributed by atoms with E-state index in [2.05, 4.69) is 9.97 Å². The Bertz CT molecular complexity index is 817. The van der Waals surface area contributed by atoms with E-state index < -0.39 is 0 Å². The molecule has 0 atom stereocenters. The molecule has 0 N–H and O–H groups in total. The zero-order valence-corrected chi connectivity index (χ0v) is 11.1. The first-order valence-electron chi connectivity index (χ1n) is 5.81. The van der Waals surface area contributed by atoms with Crippen molar-refractivity contribution in [1.82, 2.24) is 14.4 Å². The van der Waals surface area contributed by atoms with Gasteiger partial charge in [-0.2, -0.15) is 0 Å². The smallest absolute Gasteiger partial charge is 0.259 e. The Morgan fingerprint density at radius 2 is 2.05 bits per heavy atom. The standard InChI is InChI=1S/C14H11N3OS/c1-10-3-2-4-11(15-10)5-6-12-9-13(18)17-7-8-19-14(17)16-12/h2-9H,1H3. The molecule has 3 aromatic heterocycles. The highest BCUT2D eigenvalue weighted by molar-refractivity contribution is 7.15. The first kappa shape index (κ1) is 11.8. The summed E-state index contributed by atoms with van der Waals surface area (Å²) >= 11 is 1.44. The van der Waals surface area contributed by atoms with Crippen LogP contribution < -0.4 is 5.56 Å². The summed E-state index contributed by atoms with van der Waals surface area (Å²) in [4.78, 5) is 21.3. The van der Waals surface area contributed by atoms with E-state index in [0.29, 0.717) is 10.7 Å². The third-order valence-electron chi connectivity index (χ3n) is 2.66. The molecule has 0 fully saturated rings. The molecule has 0 aliphatic rings. The number of thiazole rings is 1. The second-order valence-electron chi connectivity index (χ2n) is 4.11. The summed E-state index contributed by atoms with van der Waals surface area (Å²) in [6.45, 7) is 1.94. The lowest BCUT2D eigenvalue weighted by Gasteiger charge is -1.96. The first-order valence-corrected chi connectivity index (χ1v) is 6.69. The highest BCUT2D eigenvalue weighted by Crippen LogP contribution is 2.09. The quantitative estimate of drug-likeness (QED) is 0.718. The molecule has 0 amide bonds. The zero-order chi connectivity index (χ0) is 13.2. The molecule has 0 aliphatic carbocycles. The van der Waals surface area contributed by atoms with Gasteiger partial charge in [-0.25, -0.2) is 4.98 Å². The van der Waals surface area contributed by atoms with Gasteiger partial charge in [-0.15, -0.1) is 11.3 Å². The minimum absolute atomic E-state index is 0.0666. The third-order valence-corrected chi connectivity index (χ3v) is 3.41. The predicted octanol–water partition coefficient (Wildman–Crippen LogP) is 2.63. The summed E-state index contributed by atoms with van der Waals surface area (Å²) in [6.07, 6.45) is 5.40. The van der Waals surface area contributed by atoms with Crippen LogP contribution in [0.5, 0.6) is 0 Å². The monoisotopic (exact) mass is 269 g/mol. The van der Waals surface area contributed by atoms with Crippen molar-refractivity contribution in [3.05, 3.63) is 63.3 Å². The summed E-state index contributed by atoms with van der Waals surface area (Å²) in [5.74, 6) is 0. The van der Waals surface area contributed by atoms with Crippen LogP contribution in [0.3, 0.4) is 0 Å². The maximum Gasteiger partial charge on any atom is 0.259 e. The molecule has 0 spiro atoms. The van der Waals surface area contributed by atoms with Crippen molar-refractivity contribution in [2.75, 3.05) is 0 Å². The van der Waals surface area contributed by atoms with E-state index in [1.54, 1.807) is 6.20 Å². The molecule has 3 heterocycles. The first-order chi connectivity index (χ1) is 9.22. The lowest BCUT2D eigenvalue weighted by atomic mass is 10.2. The van der Waals surface area contributed by atoms with Crippen molar-refractivity contribution < 1.29 is 0 Å². The van der Waals surface area contributed by atoms with E-state index in [4.69, 9.17) is 0 Å². The molecule has 19 heavy (non-hydrogen) atoms. The number of hydrogen-bond acceptors (Lipinski definition) is 4. The maximum atomic E-state index is 11.8. The summed E-state index contributed by atoms with van der Waals surface area (Å²) in [5.41, 5.74) is 2.40. The fourth-order valence-corrected chi connectivity index (χ4v) is 2.50. The van der Waals surface area contributed by atoms with E-state index in [0.717, 1.165) is 11.4 Å². The molecule has 0 bridgehead atoms. The predicted molar refractivity (Wildman–Crippen MR) is 77.2 cm³/mol. The number of hydrogen-bond donors (Lipinski definition) is 0. The number of nitrogens with zero attached hydrogens (tertiary/aromatic N) is 3. The average molecular weight is 269 g/mol. The van der Waals surface area contributed by atoms with Gasteiger partial charge < -0.3 is 0 Å². The van der Waals surface area contributed by atoms with Crippen LogP contribution in [0.15, 0.2) is 40.6 Å². The van der Waals surface area contributed by atoms with Crippen LogP contribution >= 0.6 is 11.3 Å². The molecule has 0 unspecified atom stereocenters. The van der Waals surface area contributed by atoms with Crippen LogP contribution in [0.4, 0.5) is 0 Å². The molecule has 0 saturated heterocycles. The van der Waals surface area contributed by atoms with Crippen LogP contribution in [0.2, 0.25) is 0 Å². The van der Waals surface area contributed by atoms with Gasteiger partial charge in [0.25, 0.3) is 5.56 Å². The minimum Gasteiger partial charge on any atom is -0.269 e. The molecule has 0 saturated carbocycles. The van der Waals surface area contributed by atoms with E-state index in [9.17, 15) is 4.79 Å². The molecule has 4 nitrogen and oxygen atoms in total. The lowest BCUT2D eigenvalue weighted by Crippen LogP contribution is -2.11. The second kappa shape index (κ2) is 4.78. The number of aromatic nitrogens is 3. The Kier molecular flexibility index (Phi) is 2.97. The van der Waals surface area contributed by atoms with Gasteiger partial charge in [0.2, 0.25) is 0 Å². The van der Waals surface area contributed by atoms with Gasteiger partial charge in [0.1, 0.15) is 0 Å². The molecular formula is C14H11N3OS. The third kappa shape index (κ3) is 2.46. The normalized spacial score (nSPS) is 11.4. The van der Waals surface area contributed by atoms with Crippen LogP contribution in [-0.2, 0) is 0 Å². The summed E-state index contributed by atoms with van der Waals surface area (Å²) in [5, 5.41) is 1.85. The Balaban J connectivity index is 1.99. The van der Waals surface area contributed by atoms with E-state index >= 15 is 0 Å². The van der Waals surface area contributed by atoms with Crippen LogP contribution in [0.25, 0.3) is 17.1 Å². The topological polar surface area (TPSA) is 47.3 Å². The molecular weight excluding hydrogens is 258 g/mol. The van der Waals surface area contributed by atoms with E-state index in [1.165, 1.54) is 21.8 Å². The van der Waals surface area contributed by atoms with Crippen LogP contribution in [0.1, 0.15) is 17.1 Å². The highest BCUT2D eigenvalue weighted by Gasteiger charge is 2.00. The SMILES string of the molecule is Cc1cccc(C=Cc2cc(=O)n3ccsc3n2)n1. The van der Waals surface area contributed by atoms with Crippen LogP contribution in [0, 0.1) is 6.92 Å². The van der Waals surface area contributed by atoms with Gasteiger partial charge in [-0.3, -0.25) is 14.2 Å². The summed E-state index contributed by atoms with van der Waals surface area (Å²) in [6, 6.07) is 7.33. The van der Waals surface area contributed by atoms with E-state index in [1.807, 2.05) is 42.7 Å². The molecule has 0 aromatic carbocycles. The van der Waals surface area contributed by atoms with Gasteiger partial charge in [0, 0.05) is 23.3 Å². The van der Waals surface area contributed by atoms with Gasteiger partial charge in [-0.05, 0) is 31.2 Å². The van der Waals surface area contributed by atoms with Gasteiger partial charge in [0.15, 0.2) is 4.96 Å². The van der Waals surface area contributed by atoms with Crippen molar-refractivity contribution in [2.45, 2.75) is 6.92 Å². The largest absolute Gasteiger partial charge is 0.269 e. The molecule has 5 heteroatoms. The van der Waals surface area contributed by atoms with Gasteiger partial charge in [0.05, 0.1) is 11.4 Å². The van der Waals surface area contributed by atoms with Gasteiger partial charge in [-0.1, -0.05) is 6.07 Å². The van der Waals surface area contributed by atoms with Crippen molar-refractivity contribution in [1.29, 1.82) is 0 Å². The molecule has 94 valence electrons. The van der Waals surface area contributed by atoms with Crippen molar-refractivity contribution in [3.8, 4) is 0 Å². The lowest BCUT2D eigenvalue weighted by molar-refractivity contribution is 1.07. The molecule has 0 aliphatic heterocycles. The van der Waals surface area contributed by atoms with Crippen molar-refractivity contribution in [3.63, 3.8) is 0 Å². The fourth-order valence-electron chi connectivity index (χ4n) is 1.77. The Labute approximate surface area is 113 Å². The Hall–Kier alpha value is -2.27. The maximum absolute atomic E-state index is 11.8. The average Bonchev–Trinajstić information content (AvgIpc) is 2.85. The number of aryl methyl sites for hydroxylation is 1. The Morgan fingerprint density at radius 3 is 2.89 bits per heavy atom. The highest BCUT2D eigenvalue weighted by atomic mass is 32.1. The second-order valence-corrected chi connectivity index (χ2v) is 4.99. The van der Waals surface area contributed by atoms with Crippen molar-refractivity contribution in [2.24, 2.45) is 0 Å². The van der Waals surface area contributed by atoms with E-state index in [-0.39, 0.29) is 5.56 Å². The molecule has 3 aromatic rings.